The highest BCUT2D eigenvalue weighted by Gasteiger charge is 2.52. The van der Waals surface area contributed by atoms with Crippen molar-refractivity contribution in [1.29, 1.82) is 0 Å². The summed E-state index contributed by atoms with van der Waals surface area (Å²) in [7, 11) is 1.62. The molecule has 0 aromatic carbocycles. The molecule has 0 aromatic heterocycles. The maximum absolute atomic E-state index is 12.1. The van der Waals surface area contributed by atoms with Gasteiger partial charge in [0, 0.05) is 32.8 Å². The molecule has 1 amide bonds. The number of carboxylic acids is 1. The van der Waals surface area contributed by atoms with Gasteiger partial charge in [0.15, 0.2) is 0 Å². The number of carboxylic acid groups (broad SMARTS) is 1. The first-order valence-corrected chi connectivity index (χ1v) is 7.96. The zero-order chi connectivity index (χ0) is 17.8. The van der Waals surface area contributed by atoms with Crippen LogP contribution in [0, 0.1) is 0 Å². The Hall–Kier alpha value is -1.34. The van der Waals surface area contributed by atoms with Crippen LogP contribution in [0.25, 0.3) is 0 Å². The first-order valence-electron chi connectivity index (χ1n) is 7.96. The van der Waals surface area contributed by atoms with Crippen molar-refractivity contribution in [3.8, 4) is 0 Å². The Labute approximate surface area is 138 Å². The lowest BCUT2D eigenvalue weighted by Gasteiger charge is -2.56. The molecule has 1 saturated heterocycles. The zero-order valence-corrected chi connectivity index (χ0v) is 15.1. The molecule has 23 heavy (non-hydrogen) atoms. The van der Waals surface area contributed by atoms with Crippen LogP contribution < -0.4 is 0 Å². The van der Waals surface area contributed by atoms with E-state index >= 15 is 0 Å². The summed E-state index contributed by atoms with van der Waals surface area (Å²) in [4.78, 5) is 27.1. The molecule has 1 rings (SSSR count). The molecular weight excluding hydrogens is 300 g/mol. The lowest BCUT2D eigenvalue weighted by Crippen LogP contribution is -2.73. The van der Waals surface area contributed by atoms with Gasteiger partial charge in [-0.2, -0.15) is 0 Å². The van der Waals surface area contributed by atoms with Crippen molar-refractivity contribution in [3.05, 3.63) is 0 Å². The van der Waals surface area contributed by atoms with Gasteiger partial charge in [-0.05, 0) is 34.6 Å². The van der Waals surface area contributed by atoms with Crippen molar-refractivity contribution in [1.82, 2.24) is 9.80 Å². The number of methoxy groups -OCH3 is 1. The molecule has 1 heterocycles. The topological polar surface area (TPSA) is 79.3 Å². The minimum atomic E-state index is -0.864. The third-order valence-electron chi connectivity index (χ3n) is 3.87. The SMILES string of the molecule is COCCN(C(C)C)C1(CC(=O)O)CN(C(=O)OC(C)(C)C)C1. The molecule has 134 valence electrons. The van der Waals surface area contributed by atoms with E-state index in [1.54, 1.807) is 12.0 Å². The number of carbonyl (C=O) groups is 2. The summed E-state index contributed by atoms with van der Waals surface area (Å²) in [6, 6.07) is 0.158. The molecule has 7 heteroatoms. The van der Waals surface area contributed by atoms with E-state index in [2.05, 4.69) is 4.90 Å². The molecular formula is C16H30N2O5. The lowest BCUT2D eigenvalue weighted by atomic mass is 9.83. The monoisotopic (exact) mass is 330 g/mol. The maximum atomic E-state index is 12.1. The number of rotatable bonds is 7. The van der Waals surface area contributed by atoms with E-state index in [4.69, 9.17) is 9.47 Å². The minimum absolute atomic E-state index is 0.00576. The van der Waals surface area contributed by atoms with Crippen molar-refractivity contribution in [2.45, 2.75) is 58.2 Å². The van der Waals surface area contributed by atoms with Crippen molar-refractivity contribution in [2.75, 3.05) is 33.4 Å². The van der Waals surface area contributed by atoms with Crippen molar-refractivity contribution in [3.63, 3.8) is 0 Å². The van der Waals surface area contributed by atoms with Crippen LogP contribution in [0.15, 0.2) is 0 Å². The van der Waals surface area contributed by atoms with Gasteiger partial charge in [-0.1, -0.05) is 0 Å². The van der Waals surface area contributed by atoms with E-state index in [0.29, 0.717) is 26.2 Å². The molecule has 0 aliphatic carbocycles. The average Bonchev–Trinajstić information content (AvgIpc) is 2.31. The van der Waals surface area contributed by atoms with Crippen LogP contribution >= 0.6 is 0 Å². The molecule has 0 unspecified atom stereocenters. The van der Waals surface area contributed by atoms with Gasteiger partial charge in [-0.15, -0.1) is 0 Å². The molecule has 1 fully saturated rings. The maximum Gasteiger partial charge on any atom is 0.410 e. The predicted molar refractivity (Wildman–Crippen MR) is 86.5 cm³/mol. The third kappa shape index (κ3) is 5.35. The highest BCUT2D eigenvalue weighted by atomic mass is 16.6. The normalized spacial score (nSPS) is 17.3. The van der Waals surface area contributed by atoms with Crippen LogP contribution in [0.5, 0.6) is 0 Å². The quantitative estimate of drug-likeness (QED) is 0.767. The molecule has 0 atom stereocenters. The smallest absolute Gasteiger partial charge is 0.410 e. The van der Waals surface area contributed by atoms with E-state index in [-0.39, 0.29) is 12.5 Å². The zero-order valence-electron chi connectivity index (χ0n) is 15.1. The van der Waals surface area contributed by atoms with E-state index < -0.39 is 23.2 Å². The van der Waals surface area contributed by atoms with Crippen molar-refractivity contribution in [2.24, 2.45) is 0 Å². The Kier molecular flexibility index (Phi) is 6.41. The standard InChI is InChI=1S/C16H30N2O5/c1-12(2)18(7-8-22-6)16(9-13(19)20)10-17(11-16)14(21)23-15(3,4)5/h12H,7-11H2,1-6H3,(H,19,20). The highest BCUT2D eigenvalue weighted by molar-refractivity contribution is 5.73. The first kappa shape index (κ1) is 19.7. The van der Waals surface area contributed by atoms with E-state index in [1.807, 2.05) is 34.6 Å². The van der Waals surface area contributed by atoms with Gasteiger partial charge >= 0.3 is 12.1 Å². The van der Waals surface area contributed by atoms with E-state index in [9.17, 15) is 14.7 Å². The van der Waals surface area contributed by atoms with Gasteiger partial charge in [0.05, 0.1) is 18.6 Å². The van der Waals surface area contributed by atoms with Gasteiger partial charge in [0.25, 0.3) is 0 Å². The molecule has 7 nitrogen and oxygen atoms in total. The van der Waals surface area contributed by atoms with Gasteiger partial charge in [0.2, 0.25) is 0 Å². The number of aliphatic carboxylic acids is 1. The second kappa shape index (κ2) is 7.49. The van der Waals surface area contributed by atoms with Crippen LogP contribution in [-0.2, 0) is 14.3 Å². The highest BCUT2D eigenvalue weighted by Crippen LogP contribution is 2.34. The number of nitrogens with zero attached hydrogens (tertiary/aromatic N) is 2. The molecule has 1 N–H and O–H groups in total. The van der Waals surface area contributed by atoms with Crippen LogP contribution in [0.2, 0.25) is 0 Å². The molecule has 0 saturated carbocycles. The summed E-state index contributed by atoms with van der Waals surface area (Å²) in [5.74, 6) is -0.864. The van der Waals surface area contributed by atoms with Gasteiger partial charge in [-0.3, -0.25) is 9.69 Å². The minimum Gasteiger partial charge on any atom is -0.481 e. The van der Waals surface area contributed by atoms with Crippen molar-refractivity contribution < 1.29 is 24.2 Å². The fraction of sp³-hybridized carbons (Fsp3) is 0.875. The fourth-order valence-electron chi connectivity index (χ4n) is 3.03. The Morgan fingerprint density at radius 2 is 1.87 bits per heavy atom. The molecule has 1 aliphatic heterocycles. The van der Waals surface area contributed by atoms with Crippen LogP contribution in [0.1, 0.15) is 41.0 Å². The lowest BCUT2D eigenvalue weighted by molar-refractivity contribution is -0.147. The van der Waals surface area contributed by atoms with Crippen LogP contribution in [0.4, 0.5) is 4.79 Å². The van der Waals surface area contributed by atoms with Gasteiger partial charge in [0.1, 0.15) is 5.60 Å². The second-order valence-electron chi connectivity index (χ2n) is 7.41. The van der Waals surface area contributed by atoms with Gasteiger partial charge in [-0.25, -0.2) is 4.79 Å². The number of carbonyl (C=O) groups excluding carboxylic acids is 1. The van der Waals surface area contributed by atoms with E-state index in [0.717, 1.165) is 0 Å². The number of amides is 1. The number of ether oxygens (including phenoxy) is 2. The summed E-state index contributed by atoms with van der Waals surface area (Å²) in [5, 5.41) is 9.29. The molecule has 0 aromatic rings. The Balaban J connectivity index is 2.83. The second-order valence-corrected chi connectivity index (χ2v) is 7.41. The fourth-order valence-corrected chi connectivity index (χ4v) is 3.03. The average molecular weight is 330 g/mol. The Morgan fingerprint density at radius 3 is 2.26 bits per heavy atom. The number of hydrogen-bond acceptors (Lipinski definition) is 5. The Bertz CT molecular complexity index is 425. The van der Waals surface area contributed by atoms with Crippen LogP contribution in [0.3, 0.4) is 0 Å². The number of hydrogen-bond donors (Lipinski definition) is 1. The molecule has 1 aliphatic rings. The third-order valence-corrected chi connectivity index (χ3v) is 3.87. The van der Waals surface area contributed by atoms with Crippen LogP contribution in [-0.4, -0.2) is 77.5 Å². The molecule has 0 spiro atoms. The first-order chi connectivity index (χ1) is 10.5. The summed E-state index contributed by atoms with van der Waals surface area (Å²) >= 11 is 0. The summed E-state index contributed by atoms with van der Waals surface area (Å²) in [6.07, 6.45) is -0.400. The Morgan fingerprint density at radius 1 is 1.30 bits per heavy atom. The number of likely N-dealkylation sites (tertiary alicyclic amines) is 1. The molecule has 0 bridgehead atoms. The molecule has 0 radical (unpaired) electrons. The summed E-state index contributed by atoms with van der Waals surface area (Å²) < 4.78 is 10.5. The van der Waals surface area contributed by atoms with E-state index in [1.165, 1.54) is 0 Å². The van der Waals surface area contributed by atoms with Crippen molar-refractivity contribution >= 4 is 12.1 Å². The largest absolute Gasteiger partial charge is 0.481 e. The summed E-state index contributed by atoms with van der Waals surface area (Å²) in [6.45, 7) is 11.4. The summed E-state index contributed by atoms with van der Waals surface area (Å²) in [5.41, 5.74) is -1.12. The van der Waals surface area contributed by atoms with Gasteiger partial charge < -0.3 is 19.5 Å². The predicted octanol–water partition coefficient (Wildman–Crippen LogP) is 1.81.